The van der Waals surface area contributed by atoms with Crippen molar-refractivity contribution in [3.05, 3.63) is 29.3 Å². The van der Waals surface area contributed by atoms with E-state index < -0.39 is 0 Å². The Morgan fingerprint density at radius 1 is 1.47 bits per heavy atom. The van der Waals surface area contributed by atoms with Crippen LogP contribution in [0, 0.1) is 6.92 Å². The van der Waals surface area contributed by atoms with Crippen molar-refractivity contribution in [2.45, 2.75) is 20.3 Å². The zero-order chi connectivity index (χ0) is 11.3. The number of carbonyl (C=O) groups excluding carboxylic acids is 1. The summed E-state index contributed by atoms with van der Waals surface area (Å²) in [7, 11) is 0. The van der Waals surface area contributed by atoms with Gasteiger partial charge in [0.05, 0.1) is 6.61 Å². The number of benzene rings is 1. The fraction of sp³-hybridized carbons (Fsp3) is 0.417. The van der Waals surface area contributed by atoms with Gasteiger partial charge in [0, 0.05) is 12.0 Å². The molecular weight excluding hydrogens is 208 g/mol. The summed E-state index contributed by atoms with van der Waals surface area (Å²) in [5, 5.41) is 0. The molecule has 1 aromatic rings. The van der Waals surface area contributed by atoms with Gasteiger partial charge in [0.15, 0.2) is 5.78 Å². The van der Waals surface area contributed by atoms with E-state index in [4.69, 9.17) is 4.74 Å². The van der Waals surface area contributed by atoms with Crippen LogP contribution in [-0.2, 0) is 0 Å². The van der Waals surface area contributed by atoms with Gasteiger partial charge in [-0.15, -0.1) is 0 Å². The number of hydrogen-bond donors (Lipinski definition) is 1. The molecule has 0 aromatic heterocycles. The van der Waals surface area contributed by atoms with Gasteiger partial charge in [0.1, 0.15) is 5.75 Å². The van der Waals surface area contributed by atoms with Gasteiger partial charge in [-0.05, 0) is 43.4 Å². The molecule has 0 bridgehead atoms. The van der Waals surface area contributed by atoms with E-state index in [0.29, 0.717) is 18.8 Å². The van der Waals surface area contributed by atoms with E-state index in [-0.39, 0.29) is 5.78 Å². The number of rotatable bonds is 5. The van der Waals surface area contributed by atoms with Crippen molar-refractivity contribution in [1.29, 1.82) is 0 Å². The summed E-state index contributed by atoms with van der Waals surface area (Å²) in [6, 6.07) is 5.53. The molecule has 1 rings (SSSR count). The van der Waals surface area contributed by atoms with Crippen LogP contribution in [-0.4, -0.2) is 18.1 Å². The van der Waals surface area contributed by atoms with E-state index in [1.165, 1.54) is 0 Å². The van der Waals surface area contributed by atoms with E-state index in [1.807, 2.05) is 32.0 Å². The normalized spacial score (nSPS) is 10.1. The van der Waals surface area contributed by atoms with Crippen molar-refractivity contribution in [3.63, 3.8) is 0 Å². The third-order valence-corrected chi connectivity index (χ3v) is 2.36. The molecule has 0 aliphatic carbocycles. The number of Topliss-reactive ketones (excluding diaryl/α,β-unsaturated/α-hetero) is 1. The predicted octanol–water partition coefficient (Wildman–Crippen LogP) is 2.90. The Bertz CT molecular complexity index is 347. The highest BCUT2D eigenvalue weighted by Crippen LogP contribution is 2.19. The molecule has 0 fully saturated rings. The zero-order valence-electron chi connectivity index (χ0n) is 9.12. The van der Waals surface area contributed by atoms with Crippen LogP contribution in [0.15, 0.2) is 18.2 Å². The monoisotopic (exact) mass is 224 g/mol. The minimum Gasteiger partial charge on any atom is -0.494 e. The van der Waals surface area contributed by atoms with Crippen LogP contribution in [0.3, 0.4) is 0 Å². The van der Waals surface area contributed by atoms with E-state index in [1.54, 1.807) is 0 Å². The predicted molar refractivity (Wildman–Crippen MR) is 65.1 cm³/mol. The van der Waals surface area contributed by atoms with Crippen molar-refractivity contribution < 1.29 is 9.53 Å². The largest absolute Gasteiger partial charge is 0.494 e. The first-order valence-electron chi connectivity index (χ1n) is 5.06. The van der Waals surface area contributed by atoms with Gasteiger partial charge < -0.3 is 4.74 Å². The molecule has 0 unspecified atom stereocenters. The Hall–Kier alpha value is -0.960. The molecule has 0 N–H and O–H groups in total. The molecule has 3 heteroatoms. The average molecular weight is 224 g/mol. The minimum atomic E-state index is 0.135. The molecule has 0 aliphatic heterocycles. The Morgan fingerprint density at radius 2 is 2.20 bits per heavy atom. The lowest BCUT2D eigenvalue weighted by atomic mass is 10.1. The topological polar surface area (TPSA) is 26.3 Å². The fourth-order valence-electron chi connectivity index (χ4n) is 1.39. The molecule has 0 heterocycles. The molecule has 0 spiro atoms. The first-order chi connectivity index (χ1) is 7.19. The Labute approximate surface area is 96.1 Å². The van der Waals surface area contributed by atoms with E-state index in [9.17, 15) is 4.79 Å². The summed E-state index contributed by atoms with van der Waals surface area (Å²) in [6.07, 6.45) is 0.483. The van der Waals surface area contributed by atoms with Crippen molar-refractivity contribution >= 4 is 18.4 Å². The number of carbonyl (C=O) groups is 1. The lowest BCUT2D eigenvalue weighted by Gasteiger charge is -2.08. The standard InChI is InChI=1S/C12H16O2S/c1-3-14-12-5-4-10(8-9(12)2)11(13)6-7-15/h4-5,8,15H,3,6-7H2,1-2H3. The second-order valence-corrected chi connectivity index (χ2v) is 3.76. The quantitative estimate of drug-likeness (QED) is 0.615. The Kier molecular flexibility index (Phi) is 4.69. The average Bonchev–Trinajstić information content (AvgIpc) is 2.21. The first-order valence-corrected chi connectivity index (χ1v) is 5.69. The summed E-state index contributed by atoms with van der Waals surface area (Å²) in [5.41, 5.74) is 1.74. The van der Waals surface area contributed by atoms with Gasteiger partial charge in [0.25, 0.3) is 0 Å². The molecular formula is C12H16O2S. The number of ketones is 1. The molecule has 1 aromatic carbocycles. The van der Waals surface area contributed by atoms with Crippen molar-refractivity contribution in [3.8, 4) is 5.75 Å². The highest BCUT2D eigenvalue weighted by molar-refractivity contribution is 7.80. The van der Waals surface area contributed by atoms with Crippen molar-refractivity contribution in [1.82, 2.24) is 0 Å². The van der Waals surface area contributed by atoms with E-state index in [2.05, 4.69) is 12.6 Å². The summed E-state index contributed by atoms with van der Waals surface area (Å²) < 4.78 is 5.40. The maximum Gasteiger partial charge on any atom is 0.163 e. The molecule has 2 nitrogen and oxygen atoms in total. The smallest absolute Gasteiger partial charge is 0.163 e. The SMILES string of the molecule is CCOc1ccc(C(=O)CCS)cc1C. The second-order valence-electron chi connectivity index (χ2n) is 3.31. The van der Waals surface area contributed by atoms with Crippen molar-refractivity contribution in [2.24, 2.45) is 0 Å². The van der Waals surface area contributed by atoms with Gasteiger partial charge in [0.2, 0.25) is 0 Å². The van der Waals surface area contributed by atoms with Crippen molar-refractivity contribution in [2.75, 3.05) is 12.4 Å². The van der Waals surface area contributed by atoms with E-state index >= 15 is 0 Å². The van der Waals surface area contributed by atoms with Crippen LogP contribution in [0.2, 0.25) is 0 Å². The molecule has 15 heavy (non-hydrogen) atoms. The highest BCUT2D eigenvalue weighted by atomic mass is 32.1. The molecule has 0 amide bonds. The third kappa shape index (κ3) is 3.27. The summed E-state index contributed by atoms with van der Waals surface area (Å²) in [5.74, 6) is 1.57. The van der Waals surface area contributed by atoms with Crippen LogP contribution in [0.25, 0.3) is 0 Å². The lowest BCUT2D eigenvalue weighted by molar-refractivity contribution is 0.0989. The van der Waals surface area contributed by atoms with Crippen LogP contribution < -0.4 is 4.74 Å². The molecule has 0 saturated heterocycles. The minimum absolute atomic E-state index is 0.135. The summed E-state index contributed by atoms with van der Waals surface area (Å²) >= 11 is 4.04. The van der Waals surface area contributed by atoms with Crippen LogP contribution in [0.5, 0.6) is 5.75 Å². The van der Waals surface area contributed by atoms with Crippen LogP contribution >= 0.6 is 12.6 Å². The highest BCUT2D eigenvalue weighted by Gasteiger charge is 2.07. The maximum absolute atomic E-state index is 11.6. The van der Waals surface area contributed by atoms with Gasteiger partial charge in [-0.3, -0.25) is 4.79 Å². The van der Waals surface area contributed by atoms with Gasteiger partial charge in [-0.25, -0.2) is 0 Å². The van der Waals surface area contributed by atoms with Gasteiger partial charge in [-0.2, -0.15) is 12.6 Å². The Morgan fingerprint density at radius 3 is 2.73 bits per heavy atom. The Balaban J connectivity index is 2.86. The van der Waals surface area contributed by atoms with Crippen LogP contribution in [0.4, 0.5) is 0 Å². The zero-order valence-corrected chi connectivity index (χ0v) is 10.0. The molecule has 0 saturated carbocycles. The van der Waals surface area contributed by atoms with Crippen LogP contribution in [0.1, 0.15) is 29.3 Å². The number of hydrogen-bond acceptors (Lipinski definition) is 3. The van der Waals surface area contributed by atoms with Gasteiger partial charge >= 0.3 is 0 Å². The molecule has 0 radical (unpaired) electrons. The number of aryl methyl sites for hydroxylation is 1. The third-order valence-electron chi connectivity index (χ3n) is 2.14. The fourth-order valence-corrected chi connectivity index (χ4v) is 1.59. The van der Waals surface area contributed by atoms with E-state index in [0.717, 1.165) is 16.9 Å². The first kappa shape index (κ1) is 12.1. The molecule has 82 valence electrons. The second kappa shape index (κ2) is 5.81. The number of thiol groups is 1. The lowest BCUT2D eigenvalue weighted by Crippen LogP contribution is -2.01. The van der Waals surface area contributed by atoms with Gasteiger partial charge in [-0.1, -0.05) is 0 Å². The summed E-state index contributed by atoms with van der Waals surface area (Å²) in [4.78, 5) is 11.6. The molecule has 0 aliphatic rings. The summed E-state index contributed by atoms with van der Waals surface area (Å²) in [6.45, 7) is 4.53. The molecule has 0 atom stereocenters. The number of ether oxygens (including phenoxy) is 1. The maximum atomic E-state index is 11.6.